The maximum atomic E-state index is 11.8. The van der Waals surface area contributed by atoms with Gasteiger partial charge in [-0.25, -0.2) is 9.59 Å². The molecular formula is C11H20N2O6. The molecule has 0 aliphatic heterocycles. The standard InChI is InChI=1S/C11H20N2O6/c1-8(2)13(4-5-18-3)11(17)12-9(14)6-19-7-10(15)16/h8H,4-7H2,1-3H3,(H,15,16)(H,12,14,17). The summed E-state index contributed by atoms with van der Waals surface area (Å²) in [4.78, 5) is 34.7. The van der Waals surface area contributed by atoms with Gasteiger partial charge in [0.2, 0.25) is 0 Å². The van der Waals surface area contributed by atoms with E-state index in [2.05, 4.69) is 10.1 Å². The number of nitrogens with one attached hydrogen (secondary N) is 1. The third-order valence-corrected chi connectivity index (χ3v) is 2.13. The van der Waals surface area contributed by atoms with E-state index in [-0.39, 0.29) is 6.04 Å². The number of ether oxygens (including phenoxy) is 2. The highest BCUT2D eigenvalue weighted by molar-refractivity contribution is 5.95. The normalized spacial score (nSPS) is 10.3. The summed E-state index contributed by atoms with van der Waals surface area (Å²) in [5, 5.41) is 10.4. The number of rotatable bonds is 8. The molecule has 0 atom stereocenters. The van der Waals surface area contributed by atoms with Crippen LogP contribution in [-0.4, -0.2) is 67.4 Å². The summed E-state index contributed by atoms with van der Waals surface area (Å²) < 4.78 is 9.44. The number of carbonyl (C=O) groups excluding carboxylic acids is 2. The van der Waals surface area contributed by atoms with E-state index in [9.17, 15) is 14.4 Å². The highest BCUT2D eigenvalue weighted by Crippen LogP contribution is 1.98. The number of amides is 3. The Balaban J connectivity index is 4.15. The first-order valence-electron chi connectivity index (χ1n) is 5.77. The van der Waals surface area contributed by atoms with Crippen molar-refractivity contribution < 1.29 is 29.0 Å². The van der Waals surface area contributed by atoms with Crippen molar-refractivity contribution in [2.75, 3.05) is 33.5 Å². The van der Waals surface area contributed by atoms with Crippen molar-refractivity contribution in [2.24, 2.45) is 0 Å². The van der Waals surface area contributed by atoms with Gasteiger partial charge in [0.15, 0.2) is 0 Å². The number of aliphatic carboxylic acids is 1. The Hall–Kier alpha value is -1.67. The first-order valence-corrected chi connectivity index (χ1v) is 5.77. The average molecular weight is 276 g/mol. The van der Waals surface area contributed by atoms with E-state index in [4.69, 9.17) is 9.84 Å². The van der Waals surface area contributed by atoms with Gasteiger partial charge in [-0.15, -0.1) is 0 Å². The van der Waals surface area contributed by atoms with Crippen LogP contribution < -0.4 is 5.32 Å². The van der Waals surface area contributed by atoms with Crippen LogP contribution in [0.25, 0.3) is 0 Å². The second-order valence-corrected chi connectivity index (χ2v) is 4.02. The van der Waals surface area contributed by atoms with Crippen LogP contribution in [0.3, 0.4) is 0 Å². The van der Waals surface area contributed by atoms with Crippen LogP contribution in [0, 0.1) is 0 Å². The fourth-order valence-corrected chi connectivity index (χ4v) is 1.24. The summed E-state index contributed by atoms with van der Waals surface area (Å²) in [6, 6.07) is -0.654. The molecular weight excluding hydrogens is 256 g/mol. The summed E-state index contributed by atoms with van der Waals surface area (Å²) in [6.07, 6.45) is 0. The summed E-state index contributed by atoms with van der Waals surface area (Å²) >= 11 is 0. The Morgan fingerprint density at radius 2 is 1.89 bits per heavy atom. The number of methoxy groups -OCH3 is 1. The van der Waals surface area contributed by atoms with Gasteiger partial charge in [-0.2, -0.15) is 0 Å². The summed E-state index contributed by atoms with van der Waals surface area (Å²) in [7, 11) is 1.52. The van der Waals surface area contributed by atoms with Crippen molar-refractivity contribution in [1.82, 2.24) is 10.2 Å². The number of carbonyl (C=O) groups is 3. The highest BCUT2D eigenvalue weighted by Gasteiger charge is 2.18. The lowest BCUT2D eigenvalue weighted by molar-refractivity contribution is -0.143. The van der Waals surface area contributed by atoms with Crippen LogP contribution in [0.1, 0.15) is 13.8 Å². The van der Waals surface area contributed by atoms with Crippen molar-refractivity contribution in [3.05, 3.63) is 0 Å². The minimum Gasteiger partial charge on any atom is -0.480 e. The van der Waals surface area contributed by atoms with E-state index in [0.717, 1.165) is 0 Å². The van der Waals surface area contributed by atoms with Crippen molar-refractivity contribution in [1.29, 1.82) is 0 Å². The number of imide groups is 1. The summed E-state index contributed by atoms with van der Waals surface area (Å²) in [5.74, 6) is -1.86. The molecule has 0 spiro atoms. The molecule has 0 saturated heterocycles. The van der Waals surface area contributed by atoms with Crippen LogP contribution in [0.2, 0.25) is 0 Å². The molecule has 0 fully saturated rings. The van der Waals surface area contributed by atoms with E-state index in [1.165, 1.54) is 12.0 Å². The first-order chi connectivity index (χ1) is 8.88. The Kier molecular flexibility index (Phi) is 8.47. The molecule has 0 heterocycles. The van der Waals surface area contributed by atoms with E-state index in [1.54, 1.807) is 13.8 Å². The molecule has 8 nitrogen and oxygen atoms in total. The fraction of sp³-hybridized carbons (Fsp3) is 0.727. The topological polar surface area (TPSA) is 105 Å². The Morgan fingerprint density at radius 3 is 2.37 bits per heavy atom. The van der Waals surface area contributed by atoms with Gasteiger partial charge < -0.3 is 19.5 Å². The quantitative estimate of drug-likeness (QED) is 0.629. The largest absolute Gasteiger partial charge is 0.480 e. The van der Waals surface area contributed by atoms with Crippen molar-refractivity contribution >= 4 is 17.9 Å². The number of hydrogen-bond donors (Lipinski definition) is 2. The molecule has 0 aromatic rings. The third-order valence-electron chi connectivity index (χ3n) is 2.13. The monoisotopic (exact) mass is 276 g/mol. The predicted molar refractivity (Wildman–Crippen MR) is 65.7 cm³/mol. The number of nitrogens with zero attached hydrogens (tertiary/aromatic N) is 1. The van der Waals surface area contributed by atoms with Gasteiger partial charge in [-0.1, -0.05) is 0 Å². The second kappa shape index (κ2) is 9.29. The third kappa shape index (κ3) is 8.11. The maximum Gasteiger partial charge on any atom is 0.329 e. The van der Waals surface area contributed by atoms with Gasteiger partial charge in [0, 0.05) is 19.7 Å². The van der Waals surface area contributed by atoms with Crippen molar-refractivity contribution in [3.8, 4) is 0 Å². The molecule has 3 amide bonds. The molecule has 0 aliphatic rings. The van der Waals surface area contributed by atoms with Gasteiger partial charge >= 0.3 is 12.0 Å². The summed E-state index contributed by atoms with van der Waals surface area (Å²) in [6.45, 7) is 3.26. The lowest BCUT2D eigenvalue weighted by Gasteiger charge is -2.26. The zero-order valence-corrected chi connectivity index (χ0v) is 11.3. The van der Waals surface area contributed by atoms with Crippen LogP contribution in [-0.2, 0) is 19.1 Å². The molecule has 0 radical (unpaired) electrons. The molecule has 0 saturated carbocycles. The molecule has 0 unspecified atom stereocenters. The minimum absolute atomic E-state index is 0.0945. The highest BCUT2D eigenvalue weighted by atomic mass is 16.5. The average Bonchev–Trinajstić information content (AvgIpc) is 2.28. The number of urea groups is 1. The molecule has 2 N–H and O–H groups in total. The van der Waals surface area contributed by atoms with E-state index < -0.39 is 31.1 Å². The number of hydrogen-bond acceptors (Lipinski definition) is 5. The molecule has 0 aromatic heterocycles. The Morgan fingerprint density at radius 1 is 1.26 bits per heavy atom. The van der Waals surface area contributed by atoms with Gasteiger partial charge in [0.1, 0.15) is 13.2 Å². The SMILES string of the molecule is COCCN(C(=O)NC(=O)COCC(=O)O)C(C)C. The van der Waals surface area contributed by atoms with Gasteiger partial charge in [0.25, 0.3) is 5.91 Å². The molecule has 0 aliphatic carbocycles. The lowest BCUT2D eigenvalue weighted by atomic mass is 10.3. The minimum atomic E-state index is -1.18. The first kappa shape index (κ1) is 17.3. The zero-order valence-electron chi connectivity index (χ0n) is 11.3. The van der Waals surface area contributed by atoms with E-state index in [0.29, 0.717) is 13.2 Å². The van der Waals surface area contributed by atoms with Gasteiger partial charge in [0.05, 0.1) is 6.61 Å². The van der Waals surface area contributed by atoms with Crippen LogP contribution in [0.5, 0.6) is 0 Å². The number of carboxylic acid groups (broad SMARTS) is 1. The van der Waals surface area contributed by atoms with E-state index >= 15 is 0 Å². The van der Waals surface area contributed by atoms with Gasteiger partial charge in [-0.3, -0.25) is 10.1 Å². The Bertz CT molecular complexity index is 318. The molecule has 0 rings (SSSR count). The molecule has 19 heavy (non-hydrogen) atoms. The van der Waals surface area contributed by atoms with Gasteiger partial charge in [-0.05, 0) is 13.8 Å². The predicted octanol–water partition coefficient (Wildman–Crippen LogP) is -0.319. The van der Waals surface area contributed by atoms with Crippen molar-refractivity contribution in [2.45, 2.75) is 19.9 Å². The maximum absolute atomic E-state index is 11.8. The molecule has 0 aromatic carbocycles. The van der Waals surface area contributed by atoms with E-state index in [1.807, 2.05) is 0 Å². The molecule has 8 heteroatoms. The van der Waals surface area contributed by atoms with Crippen LogP contribution in [0.4, 0.5) is 4.79 Å². The van der Waals surface area contributed by atoms with Crippen molar-refractivity contribution in [3.63, 3.8) is 0 Å². The fourth-order valence-electron chi connectivity index (χ4n) is 1.24. The van der Waals surface area contributed by atoms with Crippen LogP contribution in [0.15, 0.2) is 0 Å². The summed E-state index contributed by atoms with van der Waals surface area (Å²) in [5.41, 5.74) is 0. The van der Waals surface area contributed by atoms with Crippen LogP contribution >= 0.6 is 0 Å². The molecule has 0 bridgehead atoms. The Labute approximate surface area is 111 Å². The smallest absolute Gasteiger partial charge is 0.329 e. The molecule has 110 valence electrons. The number of carboxylic acids is 1. The second-order valence-electron chi connectivity index (χ2n) is 4.02. The lowest BCUT2D eigenvalue weighted by Crippen LogP contribution is -2.48. The zero-order chi connectivity index (χ0) is 14.8.